The Morgan fingerprint density at radius 3 is 2.27 bits per heavy atom. The fourth-order valence-corrected chi connectivity index (χ4v) is 2.97. The normalized spacial score (nSPS) is 9.47. The molecule has 0 bridgehead atoms. The number of hydrogen-bond donors (Lipinski definition) is 0. The lowest BCUT2D eigenvalue weighted by Gasteiger charge is -2.13. The lowest BCUT2D eigenvalue weighted by Crippen LogP contribution is -2.10. The van der Waals surface area contributed by atoms with Crippen molar-refractivity contribution >= 4 is 0 Å². The molecule has 0 amide bonds. The zero-order valence-electron chi connectivity index (χ0n) is 16.8. The monoisotopic (exact) mass is 409 g/mol. The van der Waals surface area contributed by atoms with Crippen molar-refractivity contribution in [1.29, 1.82) is 5.26 Å². The smallest absolute Gasteiger partial charge is 0.123 e. The summed E-state index contributed by atoms with van der Waals surface area (Å²) in [5.74, 6) is 1.69. The van der Waals surface area contributed by atoms with Gasteiger partial charge in [0.15, 0.2) is 0 Å². The van der Waals surface area contributed by atoms with E-state index in [-0.39, 0.29) is 9.41 Å². The molecule has 0 heterocycles. The Morgan fingerprint density at radius 1 is 0.900 bits per heavy atom. The number of allylic oxidation sites excluding steroid dienone is 1. The number of halogens is 2. The quantitative estimate of drug-likeness (QED) is 0.337. The van der Waals surface area contributed by atoms with Gasteiger partial charge in [0.1, 0.15) is 24.7 Å². The molecule has 0 spiro atoms. The SMILES string of the molecule is C=CCc1cc(-c2ccc(C#N)cc2)ccc1OCCOc1cccc(C)c1.F.F. The molecule has 3 aromatic rings. The highest BCUT2D eigenvalue weighted by Gasteiger charge is 2.07. The van der Waals surface area contributed by atoms with E-state index in [0.717, 1.165) is 34.6 Å². The molecule has 0 aliphatic carbocycles. The van der Waals surface area contributed by atoms with Crippen LogP contribution in [0.15, 0.2) is 79.4 Å². The van der Waals surface area contributed by atoms with E-state index in [0.29, 0.717) is 18.8 Å². The molecule has 3 nitrogen and oxygen atoms in total. The molecule has 0 saturated carbocycles. The summed E-state index contributed by atoms with van der Waals surface area (Å²) in [5.41, 5.74) is 5.06. The van der Waals surface area contributed by atoms with Crippen LogP contribution in [-0.2, 0) is 6.42 Å². The molecule has 0 N–H and O–H groups in total. The first-order valence-corrected chi connectivity index (χ1v) is 9.26. The minimum atomic E-state index is 0. The zero-order chi connectivity index (χ0) is 19.8. The van der Waals surface area contributed by atoms with Crippen molar-refractivity contribution in [1.82, 2.24) is 0 Å². The Hall–Kier alpha value is -3.65. The standard InChI is InChI=1S/C25H23NO2.2FH/c1-3-5-23-17-22(21-10-8-20(18-26)9-11-21)12-13-25(23)28-15-14-27-24-7-4-6-19(2)16-24;;/h3-4,6-13,16-17H,1,5,14-15H2,2H3;2*1H. The van der Waals surface area contributed by atoms with Crippen molar-refractivity contribution in [3.05, 3.63) is 96.1 Å². The van der Waals surface area contributed by atoms with Gasteiger partial charge in [-0.1, -0.05) is 36.4 Å². The molecule has 0 aromatic heterocycles. The molecule has 3 aromatic carbocycles. The fraction of sp³-hybridized carbons (Fsp3) is 0.160. The summed E-state index contributed by atoms with van der Waals surface area (Å²) in [5, 5.41) is 8.95. The van der Waals surface area contributed by atoms with Crippen LogP contribution in [0.2, 0.25) is 0 Å². The number of hydrogen-bond acceptors (Lipinski definition) is 3. The first-order valence-electron chi connectivity index (χ1n) is 9.26. The van der Waals surface area contributed by atoms with Crippen LogP contribution in [0.25, 0.3) is 11.1 Å². The van der Waals surface area contributed by atoms with E-state index in [4.69, 9.17) is 14.7 Å². The Morgan fingerprint density at radius 2 is 1.60 bits per heavy atom. The maximum atomic E-state index is 8.95. The van der Waals surface area contributed by atoms with Gasteiger partial charge in [0.2, 0.25) is 0 Å². The summed E-state index contributed by atoms with van der Waals surface area (Å²) in [4.78, 5) is 0. The average molecular weight is 409 g/mol. The van der Waals surface area contributed by atoms with Gasteiger partial charge in [-0.05, 0) is 72.0 Å². The molecule has 156 valence electrons. The summed E-state index contributed by atoms with van der Waals surface area (Å²) >= 11 is 0. The highest BCUT2D eigenvalue weighted by Crippen LogP contribution is 2.28. The molecule has 0 atom stereocenters. The summed E-state index contributed by atoms with van der Waals surface area (Å²) in [6.07, 6.45) is 2.59. The van der Waals surface area contributed by atoms with Crippen molar-refractivity contribution < 1.29 is 18.9 Å². The largest absolute Gasteiger partial charge is 0.490 e. The van der Waals surface area contributed by atoms with Crippen molar-refractivity contribution in [2.75, 3.05) is 13.2 Å². The molecule has 5 heteroatoms. The van der Waals surface area contributed by atoms with E-state index in [1.165, 1.54) is 5.56 Å². The molecule has 0 saturated heterocycles. The van der Waals surface area contributed by atoms with Crippen LogP contribution < -0.4 is 9.47 Å². The van der Waals surface area contributed by atoms with Gasteiger partial charge >= 0.3 is 0 Å². The summed E-state index contributed by atoms with van der Waals surface area (Å²) in [6, 6.07) is 23.8. The maximum Gasteiger partial charge on any atom is 0.123 e. The predicted molar refractivity (Wildman–Crippen MR) is 118 cm³/mol. The summed E-state index contributed by atoms with van der Waals surface area (Å²) in [7, 11) is 0. The van der Waals surface area contributed by atoms with Gasteiger partial charge in [-0.25, -0.2) is 0 Å². The second-order valence-corrected chi connectivity index (χ2v) is 6.52. The Kier molecular flexibility index (Phi) is 9.78. The number of ether oxygens (including phenoxy) is 2. The van der Waals surface area contributed by atoms with E-state index >= 15 is 0 Å². The lowest BCUT2D eigenvalue weighted by atomic mass is 10.00. The Balaban J connectivity index is 0.00000225. The minimum absolute atomic E-state index is 0. The van der Waals surface area contributed by atoms with Crippen LogP contribution in [0, 0.1) is 18.3 Å². The third-order valence-corrected chi connectivity index (χ3v) is 4.37. The molecule has 0 aliphatic heterocycles. The number of nitriles is 1. The van der Waals surface area contributed by atoms with Gasteiger partial charge in [0.05, 0.1) is 11.6 Å². The fourth-order valence-electron chi connectivity index (χ4n) is 2.97. The zero-order valence-corrected chi connectivity index (χ0v) is 16.8. The molecule has 3 rings (SSSR count). The summed E-state index contributed by atoms with van der Waals surface area (Å²) < 4.78 is 11.7. The van der Waals surface area contributed by atoms with E-state index in [1.807, 2.05) is 73.7 Å². The van der Waals surface area contributed by atoms with Crippen LogP contribution >= 0.6 is 0 Å². The van der Waals surface area contributed by atoms with Crippen LogP contribution in [0.1, 0.15) is 16.7 Å². The minimum Gasteiger partial charge on any atom is -0.490 e. The van der Waals surface area contributed by atoms with Crippen molar-refractivity contribution in [2.24, 2.45) is 0 Å². The number of nitrogens with zero attached hydrogens (tertiary/aromatic N) is 1. The summed E-state index contributed by atoms with van der Waals surface area (Å²) in [6.45, 7) is 6.84. The van der Waals surface area contributed by atoms with Gasteiger partial charge in [-0.15, -0.1) is 6.58 Å². The Labute approximate surface area is 175 Å². The van der Waals surface area contributed by atoms with E-state index in [2.05, 4.69) is 18.7 Å². The van der Waals surface area contributed by atoms with Gasteiger partial charge in [-0.3, -0.25) is 9.41 Å². The molecule has 30 heavy (non-hydrogen) atoms. The second kappa shape index (κ2) is 12.0. The molecular formula is C25H25F2NO2. The van der Waals surface area contributed by atoms with E-state index in [1.54, 1.807) is 0 Å². The third-order valence-electron chi connectivity index (χ3n) is 4.37. The highest BCUT2D eigenvalue weighted by atomic mass is 19.0. The molecule has 0 unspecified atom stereocenters. The topological polar surface area (TPSA) is 42.2 Å². The predicted octanol–water partition coefficient (Wildman–Crippen LogP) is 6.03. The van der Waals surface area contributed by atoms with Crippen LogP contribution in [0.3, 0.4) is 0 Å². The molecular weight excluding hydrogens is 384 g/mol. The maximum absolute atomic E-state index is 8.95. The molecule has 0 aliphatic rings. The van der Waals surface area contributed by atoms with Crippen molar-refractivity contribution in [3.8, 4) is 28.7 Å². The van der Waals surface area contributed by atoms with Crippen LogP contribution in [0.5, 0.6) is 11.5 Å². The second-order valence-electron chi connectivity index (χ2n) is 6.52. The van der Waals surface area contributed by atoms with E-state index in [9.17, 15) is 0 Å². The van der Waals surface area contributed by atoms with Crippen molar-refractivity contribution in [2.45, 2.75) is 13.3 Å². The molecule has 0 radical (unpaired) electrons. The first-order chi connectivity index (χ1) is 13.7. The average Bonchev–Trinajstić information content (AvgIpc) is 2.72. The van der Waals surface area contributed by atoms with Gasteiger partial charge in [-0.2, -0.15) is 5.26 Å². The third kappa shape index (κ3) is 6.46. The van der Waals surface area contributed by atoms with E-state index < -0.39 is 0 Å². The molecule has 0 fully saturated rings. The number of aryl methyl sites for hydroxylation is 1. The highest BCUT2D eigenvalue weighted by molar-refractivity contribution is 5.66. The lowest BCUT2D eigenvalue weighted by molar-refractivity contribution is 0.216. The van der Waals surface area contributed by atoms with Crippen LogP contribution in [0.4, 0.5) is 9.41 Å². The van der Waals surface area contributed by atoms with Crippen LogP contribution in [-0.4, -0.2) is 13.2 Å². The first kappa shape index (κ1) is 24.4. The van der Waals surface area contributed by atoms with Gasteiger partial charge < -0.3 is 9.47 Å². The number of rotatable bonds is 8. The Bertz CT molecular complexity index is 995. The number of benzene rings is 3. The van der Waals surface area contributed by atoms with Gasteiger partial charge in [0.25, 0.3) is 0 Å². The van der Waals surface area contributed by atoms with Crippen molar-refractivity contribution in [3.63, 3.8) is 0 Å². The van der Waals surface area contributed by atoms with Gasteiger partial charge in [0, 0.05) is 0 Å².